The highest BCUT2D eigenvalue weighted by Crippen LogP contribution is 2.33. The lowest BCUT2D eigenvalue weighted by molar-refractivity contribution is -0.143. The number of hydrogen-bond donors (Lipinski definition) is 0. The van der Waals surface area contributed by atoms with Gasteiger partial charge in [0.1, 0.15) is 6.54 Å². The Morgan fingerprint density at radius 3 is 2.57 bits per heavy atom. The second kappa shape index (κ2) is 10.6. The van der Waals surface area contributed by atoms with E-state index in [-0.39, 0.29) is 30.0 Å². The van der Waals surface area contributed by atoms with Crippen molar-refractivity contribution in [3.05, 3.63) is 29.8 Å². The molecular weight excluding hydrogens is 374 g/mol. The molecule has 0 heterocycles. The van der Waals surface area contributed by atoms with Crippen LogP contribution in [-0.2, 0) is 19.6 Å². The summed E-state index contributed by atoms with van der Waals surface area (Å²) in [4.78, 5) is 12.4. The number of benzene rings is 1. The number of sulfonamides is 1. The number of nitrogens with zero attached hydrogens (tertiary/aromatic N) is 1. The van der Waals surface area contributed by atoms with Gasteiger partial charge in [-0.05, 0) is 45.2 Å². The Bertz CT molecular complexity index is 805. The van der Waals surface area contributed by atoms with E-state index in [1.807, 2.05) is 6.92 Å². The summed E-state index contributed by atoms with van der Waals surface area (Å²) in [6, 6.07) is 6.43. The van der Waals surface area contributed by atoms with Crippen molar-refractivity contribution in [1.29, 1.82) is 0 Å². The van der Waals surface area contributed by atoms with E-state index in [0.29, 0.717) is 6.42 Å². The van der Waals surface area contributed by atoms with Crippen molar-refractivity contribution in [2.24, 2.45) is 5.92 Å². The Morgan fingerprint density at radius 2 is 1.93 bits per heavy atom. The third-order valence-corrected chi connectivity index (χ3v) is 6.90. The molecule has 1 fully saturated rings. The summed E-state index contributed by atoms with van der Waals surface area (Å²) in [6.45, 7) is 5.69. The number of unbranched alkanes of at least 4 members (excludes halogenated alkanes) is 2. The molecule has 1 saturated carbocycles. The van der Waals surface area contributed by atoms with Crippen molar-refractivity contribution in [3.63, 3.8) is 0 Å². The molecule has 0 N–H and O–H groups in total. The number of rotatable bonds is 8. The third-order valence-electron chi connectivity index (χ3n) is 5.01. The van der Waals surface area contributed by atoms with E-state index in [2.05, 4.69) is 18.8 Å². The van der Waals surface area contributed by atoms with Gasteiger partial charge in [-0.15, -0.1) is 5.92 Å². The molecule has 0 aliphatic heterocycles. The number of esters is 1. The summed E-state index contributed by atoms with van der Waals surface area (Å²) in [5, 5.41) is 0. The van der Waals surface area contributed by atoms with E-state index in [9.17, 15) is 13.2 Å². The lowest BCUT2D eigenvalue weighted by Crippen LogP contribution is -2.45. The van der Waals surface area contributed by atoms with Gasteiger partial charge in [-0.25, -0.2) is 8.42 Å². The van der Waals surface area contributed by atoms with Crippen LogP contribution in [0.5, 0.6) is 0 Å². The van der Waals surface area contributed by atoms with Crippen molar-refractivity contribution in [1.82, 2.24) is 4.31 Å². The summed E-state index contributed by atoms with van der Waals surface area (Å²) in [5.74, 6) is 5.90. The minimum absolute atomic E-state index is 0.0495. The van der Waals surface area contributed by atoms with Crippen LogP contribution < -0.4 is 0 Å². The molecule has 0 bridgehead atoms. The van der Waals surface area contributed by atoms with Gasteiger partial charge in [0.05, 0.1) is 11.5 Å². The summed E-state index contributed by atoms with van der Waals surface area (Å²) in [7, 11) is -3.82. The Hall–Kier alpha value is -1.84. The Labute approximate surface area is 169 Å². The predicted molar refractivity (Wildman–Crippen MR) is 110 cm³/mol. The van der Waals surface area contributed by atoms with Gasteiger partial charge in [-0.3, -0.25) is 4.79 Å². The zero-order chi connectivity index (χ0) is 20.6. The molecular formula is C22H31NO4S. The van der Waals surface area contributed by atoms with Crippen LogP contribution in [0.4, 0.5) is 0 Å². The maximum absolute atomic E-state index is 13.4. The molecule has 6 heteroatoms. The molecule has 0 amide bonds. The second-order valence-corrected chi connectivity index (χ2v) is 9.09. The van der Waals surface area contributed by atoms with Crippen molar-refractivity contribution in [2.45, 2.75) is 70.2 Å². The van der Waals surface area contributed by atoms with Crippen molar-refractivity contribution >= 4 is 16.0 Å². The summed E-state index contributed by atoms with van der Waals surface area (Å²) in [6.07, 6.45) is 5.41. The average Bonchev–Trinajstić information content (AvgIpc) is 3.12. The fourth-order valence-electron chi connectivity index (χ4n) is 3.48. The quantitative estimate of drug-likeness (QED) is 0.374. The third kappa shape index (κ3) is 5.83. The largest absolute Gasteiger partial charge is 0.465 e. The number of carbonyl (C=O) groups excluding carboxylic acids is 1. The van der Waals surface area contributed by atoms with Gasteiger partial charge in [0, 0.05) is 18.4 Å². The van der Waals surface area contributed by atoms with E-state index >= 15 is 0 Å². The van der Waals surface area contributed by atoms with Crippen LogP contribution in [0.1, 0.15) is 57.9 Å². The van der Waals surface area contributed by atoms with Gasteiger partial charge in [0.15, 0.2) is 0 Å². The van der Waals surface area contributed by atoms with E-state index in [0.717, 1.165) is 37.7 Å². The second-order valence-electron chi connectivity index (χ2n) is 7.20. The summed E-state index contributed by atoms with van der Waals surface area (Å²) in [5.41, 5.74) is 0.983. The molecule has 5 nitrogen and oxygen atoms in total. The molecule has 2 atom stereocenters. The molecule has 28 heavy (non-hydrogen) atoms. The lowest BCUT2D eigenvalue weighted by Gasteiger charge is -2.29. The highest BCUT2D eigenvalue weighted by molar-refractivity contribution is 7.89. The first-order chi connectivity index (χ1) is 13.4. The fourth-order valence-corrected chi connectivity index (χ4v) is 5.12. The van der Waals surface area contributed by atoms with Gasteiger partial charge >= 0.3 is 5.97 Å². The molecule has 154 valence electrons. The SMILES string of the molecule is CCCCC#C[C@@H]1CCC[C@@H]1N(CC(=O)OCC)S(=O)(=O)c1ccc(C)cc1. The van der Waals surface area contributed by atoms with Gasteiger partial charge in [0.2, 0.25) is 10.0 Å². The maximum atomic E-state index is 13.4. The first-order valence-corrected chi connectivity index (χ1v) is 11.6. The Balaban J connectivity index is 2.33. The number of ether oxygens (including phenoxy) is 1. The van der Waals surface area contributed by atoms with Crippen LogP contribution in [-0.4, -0.2) is 37.9 Å². The Morgan fingerprint density at radius 1 is 1.21 bits per heavy atom. The van der Waals surface area contributed by atoms with Crippen molar-refractivity contribution < 1.29 is 17.9 Å². The highest BCUT2D eigenvalue weighted by atomic mass is 32.2. The van der Waals surface area contributed by atoms with Crippen LogP contribution in [0.25, 0.3) is 0 Å². The van der Waals surface area contributed by atoms with Gasteiger partial charge in [-0.1, -0.05) is 43.4 Å². The molecule has 0 spiro atoms. The van der Waals surface area contributed by atoms with E-state index < -0.39 is 16.0 Å². The summed E-state index contributed by atoms with van der Waals surface area (Å²) < 4.78 is 33.1. The molecule has 1 aliphatic rings. The number of aryl methyl sites for hydroxylation is 1. The van der Waals surface area contributed by atoms with Crippen LogP contribution in [0.2, 0.25) is 0 Å². The van der Waals surface area contributed by atoms with Gasteiger partial charge in [0.25, 0.3) is 0 Å². The van der Waals surface area contributed by atoms with E-state index in [4.69, 9.17) is 4.74 Å². The molecule has 1 aromatic rings. The van der Waals surface area contributed by atoms with E-state index in [1.165, 1.54) is 4.31 Å². The van der Waals surface area contributed by atoms with Crippen molar-refractivity contribution in [2.75, 3.05) is 13.2 Å². The van der Waals surface area contributed by atoms with Crippen LogP contribution >= 0.6 is 0 Å². The van der Waals surface area contributed by atoms with E-state index in [1.54, 1.807) is 31.2 Å². The normalized spacial score (nSPS) is 19.3. The molecule has 2 rings (SSSR count). The highest BCUT2D eigenvalue weighted by Gasteiger charge is 2.39. The molecule has 0 unspecified atom stereocenters. The zero-order valence-electron chi connectivity index (χ0n) is 17.1. The first kappa shape index (κ1) is 22.4. The first-order valence-electron chi connectivity index (χ1n) is 10.1. The standard InChI is InChI=1S/C22H31NO4S/c1-4-6-7-8-10-19-11-9-12-21(19)23(17-22(24)27-5-2)28(25,26)20-15-13-18(3)14-16-20/h13-16,19,21H,4-7,9,11-12,17H2,1-3H3/t19-,21+/m1/s1. The fraction of sp³-hybridized carbons (Fsp3) is 0.591. The monoisotopic (exact) mass is 405 g/mol. The molecule has 1 aliphatic carbocycles. The van der Waals surface area contributed by atoms with Crippen molar-refractivity contribution in [3.8, 4) is 11.8 Å². The zero-order valence-corrected chi connectivity index (χ0v) is 17.9. The maximum Gasteiger partial charge on any atom is 0.321 e. The average molecular weight is 406 g/mol. The molecule has 0 aromatic heterocycles. The van der Waals surface area contributed by atoms with Crippen LogP contribution in [0.3, 0.4) is 0 Å². The Kier molecular flexibility index (Phi) is 8.53. The lowest BCUT2D eigenvalue weighted by atomic mass is 10.0. The smallest absolute Gasteiger partial charge is 0.321 e. The van der Waals surface area contributed by atoms with Crippen LogP contribution in [0, 0.1) is 24.7 Å². The van der Waals surface area contributed by atoms with Crippen LogP contribution in [0.15, 0.2) is 29.2 Å². The molecule has 0 saturated heterocycles. The van der Waals surface area contributed by atoms with Gasteiger partial charge < -0.3 is 4.74 Å². The van der Waals surface area contributed by atoms with Gasteiger partial charge in [-0.2, -0.15) is 4.31 Å². The predicted octanol–water partition coefficient (Wildman–Crippen LogP) is 3.91. The number of hydrogen-bond acceptors (Lipinski definition) is 4. The topological polar surface area (TPSA) is 63.7 Å². The summed E-state index contributed by atoms with van der Waals surface area (Å²) >= 11 is 0. The minimum Gasteiger partial charge on any atom is -0.465 e. The molecule has 0 radical (unpaired) electrons. The molecule has 1 aromatic carbocycles. The minimum atomic E-state index is -3.82. The number of carbonyl (C=O) groups is 1.